The van der Waals surface area contributed by atoms with Crippen molar-refractivity contribution in [2.45, 2.75) is 33.6 Å². The molecule has 0 aliphatic rings. The van der Waals surface area contributed by atoms with E-state index in [1.165, 1.54) is 11.1 Å². The smallest absolute Gasteiger partial charge is 0.335 e. The number of benzene rings is 2. The van der Waals surface area contributed by atoms with Gasteiger partial charge in [0, 0.05) is 0 Å². The standard InChI is InChI=1S/C18H20O3/c1-11(2)16-7-6-15(10-12(16)3)21-17-8-5-14(18(19)20)9-13(17)4/h5-11H,1-4H3,(H,19,20). The fourth-order valence-electron chi connectivity index (χ4n) is 2.38. The van der Waals surface area contributed by atoms with Crippen molar-refractivity contribution in [2.24, 2.45) is 0 Å². The molecular weight excluding hydrogens is 264 g/mol. The molecule has 1 N–H and O–H groups in total. The molecule has 0 heterocycles. The van der Waals surface area contributed by atoms with Crippen molar-refractivity contribution in [1.29, 1.82) is 0 Å². The Hall–Kier alpha value is -2.29. The topological polar surface area (TPSA) is 46.5 Å². The molecule has 0 aliphatic carbocycles. The van der Waals surface area contributed by atoms with Crippen LogP contribution in [0.15, 0.2) is 36.4 Å². The number of aromatic carboxylic acids is 1. The van der Waals surface area contributed by atoms with Crippen LogP contribution in [0.3, 0.4) is 0 Å². The van der Waals surface area contributed by atoms with Crippen molar-refractivity contribution in [3.63, 3.8) is 0 Å². The van der Waals surface area contributed by atoms with E-state index in [-0.39, 0.29) is 5.56 Å². The second-order valence-corrected chi connectivity index (χ2v) is 5.56. The van der Waals surface area contributed by atoms with Crippen LogP contribution in [0.1, 0.15) is 46.8 Å². The zero-order valence-corrected chi connectivity index (χ0v) is 12.8. The largest absolute Gasteiger partial charge is 0.478 e. The third kappa shape index (κ3) is 3.43. The fraction of sp³-hybridized carbons (Fsp3) is 0.278. The molecule has 0 radical (unpaired) electrons. The minimum Gasteiger partial charge on any atom is -0.478 e. The van der Waals surface area contributed by atoms with Gasteiger partial charge in [-0.15, -0.1) is 0 Å². The van der Waals surface area contributed by atoms with E-state index >= 15 is 0 Å². The van der Waals surface area contributed by atoms with Gasteiger partial charge in [-0.25, -0.2) is 4.79 Å². The van der Waals surface area contributed by atoms with Crippen LogP contribution in [-0.4, -0.2) is 11.1 Å². The average molecular weight is 284 g/mol. The van der Waals surface area contributed by atoms with Crippen LogP contribution >= 0.6 is 0 Å². The molecule has 2 rings (SSSR count). The van der Waals surface area contributed by atoms with Gasteiger partial charge in [0.25, 0.3) is 0 Å². The molecular formula is C18H20O3. The maximum Gasteiger partial charge on any atom is 0.335 e. The highest BCUT2D eigenvalue weighted by molar-refractivity contribution is 5.88. The maximum absolute atomic E-state index is 10.9. The van der Waals surface area contributed by atoms with Crippen molar-refractivity contribution in [1.82, 2.24) is 0 Å². The second-order valence-electron chi connectivity index (χ2n) is 5.56. The SMILES string of the molecule is Cc1cc(C(=O)O)ccc1Oc1ccc(C(C)C)c(C)c1. The number of carboxylic acid groups (broad SMARTS) is 1. The van der Waals surface area contributed by atoms with E-state index in [4.69, 9.17) is 9.84 Å². The predicted octanol–water partition coefficient (Wildman–Crippen LogP) is 4.92. The minimum absolute atomic E-state index is 0.270. The van der Waals surface area contributed by atoms with E-state index < -0.39 is 5.97 Å². The number of hydrogen-bond donors (Lipinski definition) is 1. The lowest BCUT2D eigenvalue weighted by Crippen LogP contribution is -1.98. The van der Waals surface area contributed by atoms with E-state index in [2.05, 4.69) is 26.8 Å². The number of ether oxygens (including phenoxy) is 1. The molecule has 0 saturated heterocycles. The number of carbonyl (C=O) groups is 1. The summed E-state index contributed by atoms with van der Waals surface area (Å²) in [6, 6.07) is 10.9. The van der Waals surface area contributed by atoms with Gasteiger partial charge in [-0.1, -0.05) is 19.9 Å². The molecule has 0 aromatic heterocycles. The Morgan fingerprint density at radius 2 is 1.76 bits per heavy atom. The van der Waals surface area contributed by atoms with E-state index in [0.717, 1.165) is 11.3 Å². The Bertz CT molecular complexity index is 672. The summed E-state index contributed by atoms with van der Waals surface area (Å²) in [4.78, 5) is 10.9. The highest BCUT2D eigenvalue weighted by atomic mass is 16.5. The van der Waals surface area contributed by atoms with Gasteiger partial charge in [0.2, 0.25) is 0 Å². The molecule has 0 bridgehead atoms. The van der Waals surface area contributed by atoms with Crippen molar-refractivity contribution in [2.75, 3.05) is 0 Å². The zero-order valence-electron chi connectivity index (χ0n) is 12.8. The lowest BCUT2D eigenvalue weighted by Gasteiger charge is -2.13. The summed E-state index contributed by atoms with van der Waals surface area (Å²) in [5.41, 5.74) is 3.58. The van der Waals surface area contributed by atoms with E-state index in [0.29, 0.717) is 11.7 Å². The highest BCUT2D eigenvalue weighted by Crippen LogP contribution is 2.29. The molecule has 0 atom stereocenters. The summed E-state index contributed by atoms with van der Waals surface area (Å²) in [5.74, 6) is 0.997. The van der Waals surface area contributed by atoms with Gasteiger partial charge >= 0.3 is 5.97 Å². The molecule has 2 aromatic carbocycles. The van der Waals surface area contributed by atoms with Crippen LogP contribution in [0.25, 0.3) is 0 Å². The van der Waals surface area contributed by atoms with Gasteiger partial charge in [-0.3, -0.25) is 0 Å². The first-order valence-corrected chi connectivity index (χ1v) is 7.01. The summed E-state index contributed by atoms with van der Waals surface area (Å²) in [6.07, 6.45) is 0. The molecule has 3 nitrogen and oxygen atoms in total. The molecule has 21 heavy (non-hydrogen) atoms. The fourth-order valence-corrected chi connectivity index (χ4v) is 2.38. The maximum atomic E-state index is 10.9. The number of carboxylic acids is 1. The lowest BCUT2D eigenvalue weighted by atomic mass is 9.98. The molecule has 110 valence electrons. The molecule has 0 saturated carbocycles. The van der Waals surface area contributed by atoms with Gasteiger partial charge in [0.1, 0.15) is 11.5 Å². The van der Waals surface area contributed by atoms with Crippen LogP contribution in [0.4, 0.5) is 0 Å². The monoisotopic (exact) mass is 284 g/mol. The molecule has 0 aliphatic heterocycles. The third-order valence-corrected chi connectivity index (χ3v) is 3.51. The number of aryl methyl sites for hydroxylation is 2. The van der Waals surface area contributed by atoms with Crippen LogP contribution in [0, 0.1) is 13.8 Å². The van der Waals surface area contributed by atoms with Crippen LogP contribution in [0.5, 0.6) is 11.5 Å². The van der Waals surface area contributed by atoms with E-state index in [1.54, 1.807) is 18.2 Å². The predicted molar refractivity (Wildman–Crippen MR) is 83.5 cm³/mol. The number of hydrogen-bond acceptors (Lipinski definition) is 2. The Labute approximate surface area is 125 Å². The van der Waals surface area contributed by atoms with Crippen molar-refractivity contribution in [3.8, 4) is 11.5 Å². The average Bonchev–Trinajstić information content (AvgIpc) is 2.40. The Morgan fingerprint density at radius 3 is 2.29 bits per heavy atom. The molecule has 2 aromatic rings. The van der Waals surface area contributed by atoms with E-state index in [1.807, 2.05) is 19.1 Å². The summed E-state index contributed by atoms with van der Waals surface area (Å²) in [5, 5.41) is 8.97. The van der Waals surface area contributed by atoms with Crippen LogP contribution in [-0.2, 0) is 0 Å². The third-order valence-electron chi connectivity index (χ3n) is 3.51. The molecule has 0 amide bonds. The first-order chi connectivity index (χ1) is 9.88. The first-order valence-electron chi connectivity index (χ1n) is 7.01. The van der Waals surface area contributed by atoms with Gasteiger partial charge in [0.15, 0.2) is 0 Å². The highest BCUT2D eigenvalue weighted by Gasteiger charge is 2.09. The summed E-state index contributed by atoms with van der Waals surface area (Å²) >= 11 is 0. The summed E-state index contributed by atoms with van der Waals surface area (Å²) in [6.45, 7) is 8.25. The van der Waals surface area contributed by atoms with Gasteiger partial charge in [-0.2, -0.15) is 0 Å². The first kappa shape index (κ1) is 15.1. The summed E-state index contributed by atoms with van der Waals surface area (Å²) in [7, 11) is 0. The van der Waals surface area contributed by atoms with Gasteiger partial charge in [0.05, 0.1) is 5.56 Å². The number of rotatable bonds is 4. The lowest BCUT2D eigenvalue weighted by molar-refractivity contribution is 0.0697. The molecule has 0 fully saturated rings. The molecule has 0 spiro atoms. The Kier molecular flexibility index (Phi) is 4.32. The minimum atomic E-state index is -0.929. The van der Waals surface area contributed by atoms with Crippen molar-refractivity contribution >= 4 is 5.97 Å². The Morgan fingerprint density at radius 1 is 1.05 bits per heavy atom. The van der Waals surface area contributed by atoms with Gasteiger partial charge < -0.3 is 9.84 Å². The zero-order chi connectivity index (χ0) is 15.6. The van der Waals surface area contributed by atoms with Crippen molar-refractivity contribution in [3.05, 3.63) is 58.7 Å². The van der Waals surface area contributed by atoms with Crippen LogP contribution < -0.4 is 4.74 Å². The molecule has 3 heteroatoms. The van der Waals surface area contributed by atoms with Crippen LogP contribution in [0.2, 0.25) is 0 Å². The second kappa shape index (κ2) is 6.00. The van der Waals surface area contributed by atoms with Gasteiger partial charge in [-0.05, 0) is 66.8 Å². The summed E-state index contributed by atoms with van der Waals surface area (Å²) < 4.78 is 5.87. The molecule has 0 unspecified atom stereocenters. The van der Waals surface area contributed by atoms with E-state index in [9.17, 15) is 4.79 Å². The van der Waals surface area contributed by atoms with Crippen molar-refractivity contribution < 1.29 is 14.6 Å². The normalized spacial score (nSPS) is 10.7. The Balaban J connectivity index is 2.26. The quantitative estimate of drug-likeness (QED) is 0.867.